The average Bonchev–Trinajstić information content (AvgIpc) is 3.34. The summed E-state index contributed by atoms with van der Waals surface area (Å²) in [6.45, 7) is 4.20. The fraction of sp³-hybridized carbons (Fsp3) is 0.393. The van der Waals surface area contributed by atoms with Gasteiger partial charge in [-0.2, -0.15) is 0 Å². The zero-order valence-corrected chi connectivity index (χ0v) is 23.3. The lowest BCUT2D eigenvalue weighted by Gasteiger charge is -2.17. The number of halogens is 1. The minimum absolute atomic E-state index is 0.00643. The number of aromatic amines is 1. The van der Waals surface area contributed by atoms with Crippen LogP contribution in [0.5, 0.6) is 0 Å². The molecule has 3 rings (SSSR count). The number of rotatable bonds is 11. The van der Waals surface area contributed by atoms with Gasteiger partial charge in [-0.15, -0.1) is 0 Å². The predicted molar refractivity (Wildman–Crippen MR) is 149 cm³/mol. The molecule has 40 heavy (non-hydrogen) atoms. The second kappa shape index (κ2) is 13.5. The number of aromatic nitrogens is 3. The van der Waals surface area contributed by atoms with Crippen LogP contribution in [0.1, 0.15) is 38.1 Å². The molecular weight excluding hydrogens is 519 g/mol. The van der Waals surface area contributed by atoms with Crippen LogP contribution in [-0.2, 0) is 27.3 Å². The number of pyridine rings is 2. The minimum Gasteiger partial charge on any atom is -0.453 e. The van der Waals surface area contributed by atoms with Crippen molar-refractivity contribution in [2.45, 2.75) is 45.7 Å². The maximum Gasteiger partial charge on any atom is 0.407 e. The van der Waals surface area contributed by atoms with Crippen LogP contribution in [0, 0.1) is 11.7 Å². The molecule has 0 aliphatic carbocycles. The van der Waals surface area contributed by atoms with Crippen LogP contribution in [0.3, 0.4) is 0 Å². The first kappa shape index (κ1) is 30.1. The van der Waals surface area contributed by atoms with Crippen molar-refractivity contribution in [1.82, 2.24) is 24.8 Å². The lowest BCUT2D eigenvalue weighted by Crippen LogP contribution is -2.44. The highest BCUT2D eigenvalue weighted by Gasteiger charge is 2.22. The summed E-state index contributed by atoms with van der Waals surface area (Å²) in [5.41, 5.74) is 1.47. The molecule has 0 saturated carbocycles. The zero-order valence-electron chi connectivity index (χ0n) is 23.3. The van der Waals surface area contributed by atoms with Gasteiger partial charge in [0.05, 0.1) is 31.1 Å². The highest BCUT2D eigenvalue weighted by molar-refractivity contribution is 5.96. The molecule has 0 aromatic carbocycles. The van der Waals surface area contributed by atoms with Crippen LogP contribution in [0.2, 0.25) is 0 Å². The third-order valence-corrected chi connectivity index (χ3v) is 6.09. The Bertz CT molecular complexity index is 1460. The molecule has 12 heteroatoms. The molecule has 0 saturated heterocycles. The fourth-order valence-corrected chi connectivity index (χ4v) is 4.05. The topological polar surface area (TPSA) is 138 Å². The summed E-state index contributed by atoms with van der Waals surface area (Å²) in [5.74, 6) is -0.963. The number of ether oxygens (including phenoxy) is 1. The van der Waals surface area contributed by atoms with E-state index < -0.39 is 29.4 Å². The van der Waals surface area contributed by atoms with E-state index in [1.54, 1.807) is 38.5 Å². The lowest BCUT2D eigenvalue weighted by atomic mass is 10.1. The number of alkyl carbamates (subject to hydrolysis) is 1. The van der Waals surface area contributed by atoms with E-state index in [0.717, 1.165) is 5.69 Å². The van der Waals surface area contributed by atoms with Crippen LogP contribution in [0.25, 0.3) is 10.9 Å². The third kappa shape index (κ3) is 7.78. The highest BCUT2D eigenvalue weighted by Crippen LogP contribution is 2.23. The predicted octanol–water partition coefficient (Wildman–Crippen LogP) is 3.20. The maximum absolute atomic E-state index is 14.5. The number of nitrogens with zero attached hydrogens (tertiary/aromatic N) is 3. The van der Waals surface area contributed by atoms with Crippen LogP contribution >= 0.6 is 0 Å². The third-order valence-electron chi connectivity index (χ3n) is 6.09. The molecule has 3 aromatic rings. The number of fused-ring (bicyclic) bond motifs is 1. The molecule has 1 atom stereocenters. The normalized spacial score (nSPS) is 12.1. The monoisotopic (exact) mass is 554 g/mol. The van der Waals surface area contributed by atoms with E-state index in [2.05, 4.69) is 25.3 Å². The van der Waals surface area contributed by atoms with Gasteiger partial charge in [0, 0.05) is 31.4 Å². The second-order valence-corrected chi connectivity index (χ2v) is 9.98. The van der Waals surface area contributed by atoms with Crippen LogP contribution in [0.15, 0.2) is 47.5 Å². The summed E-state index contributed by atoms with van der Waals surface area (Å²) < 4.78 is 20.5. The summed E-state index contributed by atoms with van der Waals surface area (Å²) >= 11 is 0. The van der Waals surface area contributed by atoms with Crippen molar-refractivity contribution >= 4 is 34.5 Å². The lowest BCUT2D eigenvalue weighted by molar-refractivity contribution is -0.123. The van der Waals surface area contributed by atoms with E-state index >= 15 is 0 Å². The molecule has 0 bridgehead atoms. The summed E-state index contributed by atoms with van der Waals surface area (Å²) in [4.78, 5) is 58.6. The molecule has 3 aromatic heterocycles. The number of hydrogen-bond acceptors (Lipinski definition) is 6. The van der Waals surface area contributed by atoms with Gasteiger partial charge in [0.25, 0.3) is 5.56 Å². The van der Waals surface area contributed by atoms with E-state index in [4.69, 9.17) is 0 Å². The molecule has 11 nitrogen and oxygen atoms in total. The molecule has 214 valence electrons. The standard InChI is InChI=1S/C28H35FN6O5/c1-17(2)13-23-25-19(20(29)15-30-23)14-18(31-25)16-35-12-8-10-22(27(35)38)32-26(37)21(33-28(39)40-5)9-6-7-11-24(36)34(3)4/h7-8,10-12,14-15,17,21,31H,6,9,13,16H2,1-5H3,(H,32,37)(H,33,39)/b11-7+. The second-order valence-electron chi connectivity index (χ2n) is 9.98. The molecule has 3 heterocycles. The molecular formula is C28H35FN6O5. The van der Waals surface area contributed by atoms with Crippen LogP contribution in [-0.4, -0.2) is 64.6 Å². The number of likely N-dealkylation sites (N-methyl/N-ethyl adjacent to an activating group) is 1. The zero-order chi connectivity index (χ0) is 29.4. The number of H-pyrrole nitrogens is 1. The van der Waals surface area contributed by atoms with Gasteiger partial charge in [-0.3, -0.25) is 19.4 Å². The Labute approximate surface area is 231 Å². The molecule has 0 fully saturated rings. The Morgan fingerprint density at radius 1 is 1.27 bits per heavy atom. The number of amides is 3. The van der Waals surface area contributed by atoms with Gasteiger partial charge in [-0.05, 0) is 49.5 Å². The Kier molecular flexibility index (Phi) is 10.2. The Hall–Kier alpha value is -4.48. The van der Waals surface area contributed by atoms with E-state index in [9.17, 15) is 23.6 Å². The molecule has 0 aliphatic rings. The Morgan fingerprint density at radius 2 is 2.02 bits per heavy atom. The first-order chi connectivity index (χ1) is 19.0. The molecule has 0 radical (unpaired) electrons. The van der Waals surface area contributed by atoms with E-state index in [1.807, 2.05) is 13.8 Å². The summed E-state index contributed by atoms with van der Waals surface area (Å²) in [6.07, 6.45) is 6.07. The number of allylic oxidation sites excluding steroid dienone is 1. The van der Waals surface area contributed by atoms with Crippen molar-refractivity contribution in [2.75, 3.05) is 26.5 Å². The summed E-state index contributed by atoms with van der Waals surface area (Å²) in [7, 11) is 4.41. The fourth-order valence-electron chi connectivity index (χ4n) is 4.05. The molecule has 0 aliphatic heterocycles. The molecule has 3 amide bonds. The quantitative estimate of drug-likeness (QED) is 0.311. The number of carbonyl (C=O) groups is 3. The SMILES string of the molecule is COC(=O)NC(CC/C=C/C(=O)N(C)C)C(=O)Nc1cccn(Cc2cc3c(F)cnc(CC(C)C)c3[nH]2)c1=O. The number of nitrogens with one attached hydrogen (secondary N) is 3. The number of carbonyl (C=O) groups excluding carboxylic acids is 3. The average molecular weight is 555 g/mol. The van der Waals surface area contributed by atoms with Crippen molar-refractivity contribution in [3.63, 3.8) is 0 Å². The smallest absolute Gasteiger partial charge is 0.407 e. The van der Waals surface area contributed by atoms with Crippen molar-refractivity contribution in [3.8, 4) is 0 Å². The van der Waals surface area contributed by atoms with Gasteiger partial charge in [-0.1, -0.05) is 19.9 Å². The molecule has 1 unspecified atom stereocenters. The van der Waals surface area contributed by atoms with Crippen molar-refractivity contribution in [3.05, 3.63) is 70.3 Å². The Balaban J connectivity index is 1.78. The summed E-state index contributed by atoms with van der Waals surface area (Å²) in [6, 6.07) is 3.68. The van der Waals surface area contributed by atoms with Crippen LogP contribution < -0.4 is 16.2 Å². The van der Waals surface area contributed by atoms with Crippen molar-refractivity contribution < 1.29 is 23.5 Å². The largest absolute Gasteiger partial charge is 0.453 e. The van der Waals surface area contributed by atoms with Gasteiger partial charge < -0.3 is 29.8 Å². The Morgan fingerprint density at radius 3 is 2.70 bits per heavy atom. The van der Waals surface area contributed by atoms with E-state index in [1.165, 1.54) is 34.9 Å². The summed E-state index contributed by atoms with van der Waals surface area (Å²) in [5, 5.41) is 5.43. The van der Waals surface area contributed by atoms with Gasteiger partial charge >= 0.3 is 6.09 Å². The molecule has 0 spiro atoms. The van der Waals surface area contributed by atoms with Gasteiger partial charge in [0.2, 0.25) is 11.8 Å². The van der Waals surface area contributed by atoms with Gasteiger partial charge in [0.1, 0.15) is 11.7 Å². The first-order valence-corrected chi connectivity index (χ1v) is 12.9. The van der Waals surface area contributed by atoms with Crippen LogP contribution in [0.4, 0.5) is 14.9 Å². The number of methoxy groups -OCH3 is 1. The first-order valence-electron chi connectivity index (χ1n) is 12.9. The number of hydrogen-bond donors (Lipinski definition) is 3. The molecule has 3 N–H and O–H groups in total. The van der Waals surface area contributed by atoms with E-state index in [0.29, 0.717) is 35.4 Å². The number of anilines is 1. The maximum atomic E-state index is 14.5. The van der Waals surface area contributed by atoms with Gasteiger partial charge in [0.15, 0.2) is 5.82 Å². The van der Waals surface area contributed by atoms with Gasteiger partial charge in [-0.25, -0.2) is 9.18 Å². The van der Waals surface area contributed by atoms with E-state index in [-0.39, 0.29) is 24.6 Å². The van der Waals surface area contributed by atoms with Crippen molar-refractivity contribution in [2.24, 2.45) is 5.92 Å². The highest BCUT2D eigenvalue weighted by atomic mass is 19.1. The van der Waals surface area contributed by atoms with Crippen molar-refractivity contribution in [1.29, 1.82) is 0 Å². The minimum atomic E-state index is -1.02.